The van der Waals surface area contributed by atoms with E-state index < -0.39 is 0 Å². The van der Waals surface area contributed by atoms with Crippen LogP contribution in [0.2, 0.25) is 5.02 Å². The van der Waals surface area contributed by atoms with E-state index >= 15 is 0 Å². The molecule has 2 aromatic rings. The van der Waals surface area contributed by atoms with Gasteiger partial charge in [0.25, 0.3) is 5.91 Å². The molecule has 1 aromatic carbocycles. The predicted octanol–water partition coefficient (Wildman–Crippen LogP) is 2.12. The highest BCUT2D eigenvalue weighted by molar-refractivity contribution is 6.99. The first kappa shape index (κ1) is 11.0. The van der Waals surface area contributed by atoms with Gasteiger partial charge in [-0.1, -0.05) is 23.7 Å². The summed E-state index contributed by atoms with van der Waals surface area (Å²) in [6.45, 7) is 0.452. The second-order valence-corrected chi connectivity index (χ2v) is 4.09. The van der Waals surface area contributed by atoms with Gasteiger partial charge in [0.2, 0.25) is 0 Å². The first-order valence-electron chi connectivity index (χ1n) is 4.56. The fourth-order valence-electron chi connectivity index (χ4n) is 1.14. The van der Waals surface area contributed by atoms with E-state index in [4.69, 9.17) is 11.6 Å². The Balaban J connectivity index is 1.93. The maximum atomic E-state index is 11.5. The van der Waals surface area contributed by atoms with Gasteiger partial charge in [-0.3, -0.25) is 4.79 Å². The van der Waals surface area contributed by atoms with E-state index in [0.29, 0.717) is 17.3 Å². The summed E-state index contributed by atoms with van der Waals surface area (Å²) in [4.78, 5) is 11.5. The molecule has 0 fully saturated rings. The van der Waals surface area contributed by atoms with Crippen LogP contribution in [0.5, 0.6) is 0 Å². The van der Waals surface area contributed by atoms with Gasteiger partial charge < -0.3 is 5.32 Å². The normalized spacial score (nSPS) is 10.1. The predicted molar refractivity (Wildman–Crippen MR) is 62.5 cm³/mol. The van der Waals surface area contributed by atoms with Crippen LogP contribution in [0.1, 0.15) is 16.1 Å². The maximum absolute atomic E-state index is 11.5. The van der Waals surface area contributed by atoms with Gasteiger partial charge in [-0.2, -0.15) is 8.75 Å². The highest BCUT2D eigenvalue weighted by Gasteiger charge is 2.07. The molecule has 0 spiro atoms. The van der Waals surface area contributed by atoms with Crippen molar-refractivity contribution < 1.29 is 4.79 Å². The van der Waals surface area contributed by atoms with Crippen LogP contribution < -0.4 is 5.32 Å². The number of rotatable bonds is 3. The number of carbonyl (C=O) groups is 1. The zero-order valence-corrected chi connectivity index (χ0v) is 9.76. The topological polar surface area (TPSA) is 54.9 Å². The third-order valence-corrected chi connectivity index (χ3v) is 2.69. The molecule has 0 atom stereocenters. The summed E-state index contributed by atoms with van der Waals surface area (Å²) < 4.78 is 7.60. The van der Waals surface area contributed by atoms with E-state index in [1.54, 1.807) is 12.1 Å². The van der Waals surface area contributed by atoms with Crippen LogP contribution in [-0.4, -0.2) is 14.7 Å². The second kappa shape index (κ2) is 5.05. The quantitative estimate of drug-likeness (QED) is 0.912. The zero-order valence-electron chi connectivity index (χ0n) is 8.18. The van der Waals surface area contributed by atoms with E-state index in [1.807, 2.05) is 12.1 Å². The number of benzene rings is 1. The Bertz CT molecular complexity index is 469. The van der Waals surface area contributed by atoms with Crippen molar-refractivity contribution in [2.24, 2.45) is 0 Å². The van der Waals surface area contributed by atoms with E-state index in [0.717, 1.165) is 17.3 Å². The van der Waals surface area contributed by atoms with Crippen molar-refractivity contribution in [3.63, 3.8) is 0 Å². The van der Waals surface area contributed by atoms with Crippen molar-refractivity contribution in [2.75, 3.05) is 0 Å². The number of nitrogens with one attached hydrogen (secondary N) is 1. The third-order valence-electron chi connectivity index (χ3n) is 1.96. The number of amides is 1. The third kappa shape index (κ3) is 2.77. The van der Waals surface area contributed by atoms with Crippen molar-refractivity contribution in [2.45, 2.75) is 6.54 Å². The van der Waals surface area contributed by atoms with E-state index in [-0.39, 0.29) is 5.91 Å². The molecule has 0 saturated carbocycles. The Labute approximate surface area is 102 Å². The Morgan fingerprint density at radius 1 is 1.38 bits per heavy atom. The summed E-state index contributed by atoms with van der Waals surface area (Å²) in [5, 5.41) is 3.42. The molecule has 0 aliphatic carbocycles. The summed E-state index contributed by atoms with van der Waals surface area (Å²) in [6, 6.07) is 7.30. The monoisotopic (exact) mass is 253 g/mol. The molecule has 0 unspecified atom stereocenters. The summed E-state index contributed by atoms with van der Waals surface area (Å²) in [7, 11) is 0. The van der Waals surface area contributed by atoms with Crippen LogP contribution in [0.15, 0.2) is 30.5 Å². The van der Waals surface area contributed by atoms with Gasteiger partial charge in [0.15, 0.2) is 5.69 Å². The highest BCUT2D eigenvalue weighted by Crippen LogP contribution is 2.09. The molecule has 2 rings (SSSR count). The minimum Gasteiger partial charge on any atom is -0.347 e. The smallest absolute Gasteiger partial charge is 0.272 e. The van der Waals surface area contributed by atoms with Crippen molar-refractivity contribution >= 4 is 29.2 Å². The minimum absolute atomic E-state index is 0.219. The van der Waals surface area contributed by atoms with Crippen LogP contribution >= 0.6 is 23.3 Å². The lowest BCUT2D eigenvalue weighted by atomic mass is 10.2. The molecule has 0 bridgehead atoms. The first-order chi connectivity index (χ1) is 7.75. The van der Waals surface area contributed by atoms with Gasteiger partial charge in [0, 0.05) is 11.6 Å². The van der Waals surface area contributed by atoms with E-state index in [1.165, 1.54) is 6.20 Å². The molecule has 6 heteroatoms. The lowest BCUT2D eigenvalue weighted by Gasteiger charge is -2.02. The molecule has 82 valence electrons. The Hall–Kier alpha value is -1.46. The SMILES string of the molecule is O=C(NCc1ccc(Cl)cc1)c1cnsn1. The molecule has 4 nitrogen and oxygen atoms in total. The largest absolute Gasteiger partial charge is 0.347 e. The molecule has 0 radical (unpaired) electrons. The molecule has 0 saturated heterocycles. The Kier molecular flexibility index (Phi) is 3.48. The molecular formula is C10H8ClN3OS. The van der Waals surface area contributed by atoms with Gasteiger partial charge in [-0.25, -0.2) is 0 Å². The summed E-state index contributed by atoms with van der Waals surface area (Å²) in [5.41, 5.74) is 1.33. The van der Waals surface area contributed by atoms with Gasteiger partial charge in [-0.05, 0) is 17.7 Å². The number of aromatic nitrogens is 2. The summed E-state index contributed by atoms with van der Waals surface area (Å²) in [6.07, 6.45) is 1.45. The molecule has 1 aromatic heterocycles. The number of hydrogen-bond donors (Lipinski definition) is 1. The minimum atomic E-state index is -0.219. The van der Waals surface area contributed by atoms with Gasteiger partial charge in [-0.15, -0.1) is 0 Å². The molecule has 1 heterocycles. The maximum Gasteiger partial charge on any atom is 0.272 e. The van der Waals surface area contributed by atoms with Crippen LogP contribution in [0, 0.1) is 0 Å². The highest BCUT2D eigenvalue weighted by atomic mass is 35.5. The Morgan fingerprint density at radius 2 is 2.12 bits per heavy atom. The van der Waals surface area contributed by atoms with Crippen LogP contribution in [0.4, 0.5) is 0 Å². The molecule has 0 aliphatic rings. The van der Waals surface area contributed by atoms with Gasteiger partial charge >= 0.3 is 0 Å². The van der Waals surface area contributed by atoms with Crippen molar-refractivity contribution in [3.05, 3.63) is 46.7 Å². The summed E-state index contributed by atoms with van der Waals surface area (Å²) >= 11 is 6.76. The standard InChI is InChI=1S/C10H8ClN3OS/c11-8-3-1-7(2-4-8)5-12-10(15)9-6-13-16-14-9/h1-4,6H,5H2,(H,12,15). The van der Waals surface area contributed by atoms with Crippen molar-refractivity contribution in [1.29, 1.82) is 0 Å². The fourth-order valence-corrected chi connectivity index (χ4v) is 1.68. The first-order valence-corrected chi connectivity index (χ1v) is 5.67. The molecule has 16 heavy (non-hydrogen) atoms. The molecule has 1 amide bonds. The number of halogens is 1. The van der Waals surface area contributed by atoms with Gasteiger partial charge in [0.05, 0.1) is 17.9 Å². The number of nitrogens with zero attached hydrogens (tertiary/aromatic N) is 2. The lowest BCUT2D eigenvalue weighted by Crippen LogP contribution is -2.22. The van der Waals surface area contributed by atoms with Gasteiger partial charge in [0.1, 0.15) is 0 Å². The number of carbonyl (C=O) groups excluding carboxylic acids is 1. The van der Waals surface area contributed by atoms with Crippen LogP contribution in [0.3, 0.4) is 0 Å². The van der Waals surface area contributed by atoms with Crippen molar-refractivity contribution in [1.82, 2.24) is 14.1 Å². The van der Waals surface area contributed by atoms with Crippen LogP contribution in [-0.2, 0) is 6.54 Å². The van der Waals surface area contributed by atoms with E-state index in [2.05, 4.69) is 14.1 Å². The summed E-state index contributed by atoms with van der Waals surface area (Å²) in [5.74, 6) is -0.219. The Morgan fingerprint density at radius 3 is 2.75 bits per heavy atom. The van der Waals surface area contributed by atoms with Crippen LogP contribution in [0.25, 0.3) is 0 Å². The zero-order chi connectivity index (χ0) is 11.4. The van der Waals surface area contributed by atoms with E-state index in [9.17, 15) is 4.79 Å². The molecule has 1 N–H and O–H groups in total. The fraction of sp³-hybridized carbons (Fsp3) is 0.100. The molecular weight excluding hydrogens is 246 g/mol. The number of hydrogen-bond acceptors (Lipinski definition) is 4. The second-order valence-electron chi connectivity index (χ2n) is 3.10. The lowest BCUT2D eigenvalue weighted by molar-refractivity contribution is 0.0947. The molecule has 0 aliphatic heterocycles. The average molecular weight is 254 g/mol. The van der Waals surface area contributed by atoms with Crippen molar-refractivity contribution in [3.8, 4) is 0 Å². The average Bonchev–Trinajstić information content (AvgIpc) is 2.81.